The molecule has 5 nitrogen and oxygen atoms in total. The summed E-state index contributed by atoms with van der Waals surface area (Å²) in [5.74, 6) is -0.171. The van der Waals surface area contributed by atoms with E-state index in [4.69, 9.17) is 0 Å². The van der Waals surface area contributed by atoms with Gasteiger partial charge in [-0.3, -0.25) is 9.59 Å². The van der Waals surface area contributed by atoms with Crippen LogP contribution in [0, 0.1) is 25.2 Å². The van der Waals surface area contributed by atoms with E-state index in [1.54, 1.807) is 24.3 Å². The number of nitrogens with zero attached hydrogens (tertiary/aromatic N) is 2. The molecule has 2 aromatic carbocycles. The Morgan fingerprint density at radius 1 is 1.14 bits per heavy atom. The molecule has 0 spiro atoms. The number of benzene rings is 2. The fourth-order valence-electron chi connectivity index (χ4n) is 2.85. The van der Waals surface area contributed by atoms with Crippen LogP contribution in [0.15, 0.2) is 47.5 Å². The summed E-state index contributed by atoms with van der Waals surface area (Å²) in [5, 5.41) is 13.8. The summed E-state index contributed by atoms with van der Waals surface area (Å²) in [6.45, 7) is 5.44. The van der Waals surface area contributed by atoms with E-state index in [1.807, 2.05) is 32.0 Å². The van der Waals surface area contributed by atoms with E-state index in [0.29, 0.717) is 21.8 Å². The molecule has 28 heavy (non-hydrogen) atoms. The fraction of sp³-hybridized carbons (Fsp3) is 0.182. The Bertz CT molecular complexity index is 1130. The van der Waals surface area contributed by atoms with Crippen LogP contribution in [0.1, 0.15) is 34.0 Å². The van der Waals surface area contributed by atoms with Crippen molar-refractivity contribution in [3.63, 3.8) is 0 Å². The number of hydrogen-bond acceptors (Lipinski definition) is 5. The molecule has 1 amide bonds. The predicted octanol–water partition coefficient (Wildman–Crippen LogP) is 4.66. The lowest BCUT2D eigenvalue weighted by Gasteiger charge is -2.10. The first-order chi connectivity index (χ1) is 13.4. The van der Waals surface area contributed by atoms with E-state index < -0.39 is 0 Å². The number of carbonyl (C=O) groups excluding carboxylic acids is 2. The van der Waals surface area contributed by atoms with E-state index in [0.717, 1.165) is 22.0 Å². The summed E-state index contributed by atoms with van der Waals surface area (Å²) in [5.41, 5.74) is 4.49. The molecule has 3 rings (SSSR count). The Kier molecular flexibility index (Phi) is 5.76. The molecule has 1 N–H and O–H groups in total. The number of anilines is 1. The molecule has 0 saturated heterocycles. The number of hydrogen-bond donors (Lipinski definition) is 1. The van der Waals surface area contributed by atoms with Crippen molar-refractivity contribution in [2.75, 3.05) is 11.1 Å². The molecule has 0 aliphatic heterocycles. The molecule has 1 heterocycles. The van der Waals surface area contributed by atoms with E-state index >= 15 is 0 Å². The smallest absolute Gasteiger partial charge is 0.234 e. The first kappa shape index (κ1) is 19.6. The number of aryl methyl sites for hydroxylation is 2. The first-order valence-electron chi connectivity index (χ1n) is 8.73. The molecule has 0 aliphatic rings. The number of aromatic nitrogens is 1. The number of carbonyl (C=O) groups is 2. The maximum absolute atomic E-state index is 12.3. The van der Waals surface area contributed by atoms with Gasteiger partial charge in [0.15, 0.2) is 5.78 Å². The van der Waals surface area contributed by atoms with E-state index in [-0.39, 0.29) is 17.4 Å². The fourth-order valence-corrected chi connectivity index (χ4v) is 3.61. The highest BCUT2D eigenvalue weighted by Gasteiger charge is 2.13. The molecule has 0 unspecified atom stereocenters. The molecule has 3 aromatic rings. The lowest BCUT2D eigenvalue weighted by atomic mass is 10.0. The Labute approximate surface area is 167 Å². The van der Waals surface area contributed by atoms with Crippen molar-refractivity contribution < 1.29 is 9.59 Å². The topological polar surface area (TPSA) is 82.8 Å². The normalized spacial score (nSPS) is 10.5. The number of fused-ring (bicyclic) bond motifs is 1. The van der Waals surface area contributed by atoms with Gasteiger partial charge in [-0.2, -0.15) is 5.26 Å². The number of nitriles is 1. The van der Waals surface area contributed by atoms with Crippen LogP contribution in [0.5, 0.6) is 0 Å². The molecule has 0 bridgehead atoms. The summed E-state index contributed by atoms with van der Waals surface area (Å²) < 4.78 is 0. The zero-order valence-corrected chi connectivity index (χ0v) is 16.7. The molecule has 0 atom stereocenters. The highest BCUT2D eigenvalue weighted by Crippen LogP contribution is 2.28. The quantitative estimate of drug-likeness (QED) is 0.507. The Balaban J connectivity index is 1.78. The van der Waals surface area contributed by atoms with E-state index in [2.05, 4.69) is 16.4 Å². The van der Waals surface area contributed by atoms with Crippen molar-refractivity contribution in [2.24, 2.45) is 0 Å². The number of Topliss-reactive ketones (excluding diaryl/α,β-unsaturated/α-hetero) is 1. The van der Waals surface area contributed by atoms with Crippen LogP contribution in [0.3, 0.4) is 0 Å². The second-order valence-electron chi connectivity index (χ2n) is 6.52. The molecule has 140 valence electrons. The van der Waals surface area contributed by atoms with Gasteiger partial charge < -0.3 is 5.32 Å². The molecule has 0 radical (unpaired) electrons. The molecule has 1 aromatic heterocycles. The third-order valence-electron chi connectivity index (χ3n) is 4.38. The molecule has 0 fully saturated rings. The molecule has 0 aliphatic carbocycles. The molecule has 0 saturated carbocycles. The maximum atomic E-state index is 12.3. The SMILES string of the molecule is CC(=O)c1cccc(NC(=O)CSc2nc3c(C)ccc(C)c3cc2C#N)c1. The number of rotatable bonds is 5. The van der Waals surface area contributed by atoms with Crippen LogP contribution in [0.25, 0.3) is 10.9 Å². The van der Waals surface area contributed by atoms with Crippen molar-refractivity contribution in [1.82, 2.24) is 4.98 Å². The largest absolute Gasteiger partial charge is 0.325 e. The van der Waals surface area contributed by atoms with Crippen molar-refractivity contribution in [3.8, 4) is 6.07 Å². The average Bonchev–Trinajstić information content (AvgIpc) is 2.69. The summed E-state index contributed by atoms with van der Waals surface area (Å²) >= 11 is 1.23. The van der Waals surface area contributed by atoms with Gasteiger partial charge in [0, 0.05) is 16.6 Å². The van der Waals surface area contributed by atoms with Gasteiger partial charge in [-0.25, -0.2) is 4.98 Å². The molecular formula is C22H19N3O2S. The van der Waals surface area contributed by atoms with Gasteiger partial charge in [0.2, 0.25) is 5.91 Å². The first-order valence-corrected chi connectivity index (χ1v) is 9.72. The lowest BCUT2D eigenvalue weighted by Crippen LogP contribution is -2.14. The predicted molar refractivity (Wildman–Crippen MR) is 112 cm³/mol. The third-order valence-corrected chi connectivity index (χ3v) is 5.37. The number of nitrogens with one attached hydrogen (secondary N) is 1. The summed E-state index contributed by atoms with van der Waals surface area (Å²) in [6.07, 6.45) is 0. The van der Waals surface area contributed by atoms with Gasteiger partial charge in [0.25, 0.3) is 0 Å². The van der Waals surface area contributed by atoms with E-state index in [9.17, 15) is 14.9 Å². The zero-order chi connectivity index (χ0) is 20.3. The van der Waals surface area contributed by atoms with Crippen molar-refractivity contribution in [2.45, 2.75) is 25.8 Å². The number of thioether (sulfide) groups is 1. The highest BCUT2D eigenvalue weighted by atomic mass is 32.2. The van der Waals surface area contributed by atoms with Crippen LogP contribution in [0.2, 0.25) is 0 Å². The van der Waals surface area contributed by atoms with Crippen LogP contribution in [-0.4, -0.2) is 22.4 Å². The van der Waals surface area contributed by atoms with E-state index in [1.165, 1.54) is 18.7 Å². The van der Waals surface area contributed by atoms with Crippen molar-refractivity contribution in [1.29, 1.82) is 5.26 Å². The minimum atomic E-state index is -0.225. The standard InChI is InChI=1S/C22H19N3O2S/c1-13-7-8-14(2)21-19(13)10-17(11-23)22(25-21)28-12-20(27)24-18-6-4-5-16(9-18)15(3)26/h4-10H,12H2,1-3H3,(H,24,27). The van der Waals surface area contributed by atoms with Gasteiger partial charge in [0.05, 0.1) is 16.8 Å². The monoisotopic (exact) mass is 389 g/mol. The second-order valence-corrected chi connectivity index (χ2v) is 7.49. The minimum absolute atomic E-state index is 0.0600. The number of amides is 1. The minimum Gasteiger partial charge on any atom is -0.325 e. The lowest BCUT2D eigenvalue weighted by molar-refractivity contribution is -0.113. The van der Waals surface area contributed by atoms with Crippen molar-refractivity contribution in [3.05, 3.63) is 64.7 Å². The van der Waals surface area contributed by atoms with Gasteiger partial charge in [-0.05, 0) is 50.1 Å². The van der Waals surface area contributed by atoms with Crippen LogP contribution in [-0.2, 0) is 4.79 Å². The Morgan fingerprint density at radius 2 is 1.89 bits per heavy atom. The van der Waals surface area contributed by atoms with Gasteiger partial charge in [0.1, 0.15) is 11.1 Å². The van der Waals surface area contributed by atoms with Gasteiger partial charge in [-0.1, -0.05) is 36.0 Å². The van der Waals surface area contributed by atoms with Crippen LogP contribution in [0.4, 0.5) is 5.69 Å². The average molecular weight is 389 g/mol. The summed E-state index contributed by atoms with van der Waals surface area (Å²) in [7, 11) is 0. The highest BCUT2D eigenvalue weighted by molar-refractivity contribution is 8.00. The summed E-state index contributed by atoms with van der Waals surface area (Å²) in [6, 6.07) is 14.8. The van der Waals surface area contributed by atoms with Crippen LogP contribution < -0.4 is 5.32 Å². The number of pyridine rings is 1. The second kappa shape index (κ2) is 8.24. The third kappa shape index (κ3) is 4.21. The molecular weight excluding hydrogens is 370 g/mol. The summed E-state index contributed by atoms with van der Waals surface area (Å²) in [4.78, 5) is 28.4. The molecule has 6 heteroatoms. The maximum Gasteiger partial charge on any atom is 0.234 e. The van der Waals surface area contributed by atoms with Gasteiger partial charge >= 0.3 is 0 Å². The zero-order valence-electron chi connectivity index (χ0n) is 15.9. The Hall–Kier alpha value is -3.17. The number of ketones is 1. The Morgan fingerprint density at radius 3 is 2.61 bits per heavy atom. The van der Waals surface area contributed by atoms with Crippen LogP contribution >= 0.6 is 11.8 Å². The van der Waals surface area contributed by atoms with Gasteiger partial charge in [-0.15, -0.1) is 0 Å². The van der Waals surface area contributed by atoms with Crippen molar-refractivity contribution >= 4 is 40.0 Å².